The van der Waals surface area contributed by atoms with Crippen LogP contribution in [0.25, 0.3) is 0 Å². The van der Waals surface area contributed by atoms with Crippen molar-refractivity contribution in [1.82, 2.24) is 4.98 Å². The maximum atomic E-state index is 12.2. The first-order valence-electron chi connectivity index (χ1n) is 6.37. The number of thiazole rings is 1. The molecule has 0 amide bonds. The number of hydrogen-bond acceptors (Lipinski definition) is 5. The number of rotatable bonds is 6. The average Bonchev–Trinajstić information content (AvgIpc) is 2.79. The summed E-state index contributed by atoms with van der Waals surface area (Å²) in [5, 5.41) is 9.76. The van der Waals surface area contributed by atoms with Crippen molar-refractivity contribution < 1.29 is 14.6 Å². The van der Waals surface area contributed by atoms with E-state index >= 15 is 0 Å². The molecule has 2 aromatic rings. The lowest BCUT2D eigenvalue weighted by Gasteiger charge is -2.01. The molecule has 0 saturated carbocycles. The summed E-state index contributed by atoms with van der Waals surface area (Å²) >= 11 is 1.50. The molecule has 0 aliphatic heterocycles. The average molecular weight is 291 g/mol. The largest absolute Gasteiger partial charge is 0.497 e. The molecule has 1 aromatic carbocycles. The van der Waals surface area contributed by atoms with Crippen LogP contribution < -0.4 is 4.74 Å². The minimum absolute atomic E-state index is 0.0388. The fourth-order valence-corrected chi connectivity index (χ4v) is 2.97. The van der Waals surface area contributed by atoms with E-state index < -0.39 is 0 Å². The van der Waals surface area contributed by atoms with E-state index in [9.17, 15) is 4.79 Å². The number of aromatic nitrogens is 1. The lowest BCUT2D eigenvalue weighted by Crippen LogP contribution is -2.03. The number of aliphatic hydroxyl groups excluding tert-OH is 1. The number of hydrogen-bond donors (Lipinski definition) is 1. The number of carbonyl (C=O) groups excluding carboxylic acids is 1. The van der Waals surface area contributed by atoms with Gasteiger partial charge in [-0.05, 0) is 31.2 Å². The molecular formula is C15H17NO3S. The summed E-state index contributed by atoms with van der Waals surface area (Å²) in [5.41, 5.74) is 1.56. The van der Waals surface area contributed by atoms with Gasteiger partial charge in [-0.3, -0.25) is 4.79 Å². The molecule has 0 aliphatic carbocycles. The van der Waals surface area contributed by atoms with Crippen LogP contribution in [-0.4, -0.2) is 29.6 Å². The van der Waals surface area contributed by atoms with Gasteiger partial charge < -0.3 is 9.84 Å². The maximum Gasteiger partial charge on any atom is 0.169 e. The zero-order valence-corrected chi connectivity index (χ0v) is 12.4. The number of nitrogens with zero attached hydrogens (tertiary/aromatic N) is 1. The van der Waals surface area contributed by atoms with Crippen LogP contribution in [0.4, 0.5) is 0 Å². The van der Waals surface area contributed by atoms with Gasteiger partial charge in [0, 0.05) is 23.5 Å². The molecule has 20 heavy (non-hydrogen) atoms. The SMILES string of the molecule is COc1ccc(C(=O)Cc2nc(C)c(CCO)s2)cc1. The Balaban J connectivity index is 2.08. The van der Waals surface area contributed by atoms with Crippen molar-refractivity contribution in [3.8, 4) is 5.75 Å². The van der Waals surface area contributed by atoms with E-state index in [1.165, 1.54) is 11.3 Å². The van der Waals surface area contributed by atoms with Crippen molar-refractivity contribution in [3.05, 3.63) is 45.4 Å². The molecule has 0 radical (unpaired) electrons. The Labute approximate surface area is 122 Å². The number of ether oxygens (including phenoxy) is 1. The number of methoxy groups -OCH3 is 1. The highest BCUT2D eigenvalue weighted by molar-refractivity contribution is 7.11. The van der Waals surface area contributed by atoms with Crippen LogP contribution in [0, 0.1) is 6.92 Å². The molecule has 4 nitrogen and oxygen atoms in total. The third kappa shape index (κ3) is 3.43. The molecule has 1 aromatic heterocycles. The predicted octanol–water partition coefficient (Wildman–Crippen LogP) is 2.42. The predicted molar refractivity (Wildman–Crippen MR) is 78.7 cm³/mol. The van der Waals surface area contributed by atoms with Crippen molar-refractivity contribution in [2.24, 2.45) is 0 Å². The number of Topliss-reactive ketones (excluding diaryl/α,β-unsaturated/α-hetero) is 1. The lowest BCUT2D eigenvalue weighted by atomic mass is 10.1. The smallest absolute Gasteiger partial charge is 0.169 e. The van der Waals surface area contributed by atoms with Crippen molar-refractivity contribution in [1.29, 1.82) is 0 Å². The number of carbonyl (C=O) groups is 1. The van der Waals surface area contributed by atoms with Gasteiger partial charge in [-0.25, -0.2) is 4.98 Å². The molecule has 0 spiro atoms. The van der Waals surface area contributed by atoms with Gasteiger partial charge in [-0.15, -0.1) is 11.3 Å². The summed E-state index contributed by atoms with van der Waals surface area (Å²) in [6.07, 6.45) is 0.892. The van der Waals surface area contributed by atoms with Crippen LogP contribution in [0.1, 0.15) is 25.9 Å². The first-order valence-corrected chi connectivity index (χ1v) is 7.19. The third-order valence-corrected chi connectivity index (χ3v) is 4.22. The van der Waals surface area contributed by atoms with Crippen molar-refractivity contribution in [2.45, 2.75) is 19.8 Å². The minimum Gasteiger partial charge on any atom is -0.497 e. The van der Waals surface area contributed by atoms with E-state index in [2.05, 4.69) is 4.98 Å². The van der Waals surface area contributed by atoms with Crippen LogP contribution in [0.5, 0.6) is 5.75 Å². The van der Waals surface area contributed by atoms with Crippen LogP contribution in [-0.2, 0) is 12.8 Å². The fourth-order valence-electron chi connectivity index (χ4n) is 1.91. The third-order valence-electron chi connectivity index (χ3n) is 3.00. The normalized spacial score (nSPS) is 10.6. The van der Waals surface area contributed by atoms with Crippen LogP contribution in [0.2, 0.25) is 0 Å². The van der Waals surface area contributed by atoms with Crippen molar-refractivity contribution in [3.63, 3.8) is 0 Å². The second kappa shape index (κ2) is 6.63. The van der Waals surface area contributed by atoms with Gasteiger partial charge in [-0.1, -0.05) is 0 Å². The van der Waals surface area contributed by atoms with Gasteiger partial charge in [0.2, 0.25) is 0 Å². The Bertz CT molecular complexity index is 590. The van der Waals surface area contributed by atoms with Crippen molar-refractivity contribution >= 4 is 17.1 Å². The second-order valence-electron chi connectivity index (χ2n) is 4.42. The molecule has 5 heteroatoms. The van der Waals surface area contributed by atoms with E-state index in [1.807, 2.05) is 6.92 Å². The molecule has 0 atom stereocenters. The maximum absolute atomic E-state index is 12.2. The first kappa shape index (κ1) is 14.7. The van der Waals surface area contributed by atoms with E-state index in [-0.39, 0.29) is 12.4 Å². The fraction of sp³-hybridized carbons (Fsp3) is 0.333. The minimum atomic E-state index is 0.0388. The molecule has 0 saturated heterocycles. The van der Waals surface area contributed by atoms with E-state index in [4.69, 9.17) is 9.84 Å². The molecule has 106 valence electrons. The molecule has 0 aliphatic rings. The van der Waals surface area contributed by atoms with Gasteiger partial charge >= 0.3 is 0 Å². The molecule has 2 rings (SSSR count). The number of aryl methyl sites for hydroxylation is 1. The second-order valence-corrected chi connectivity index (χ2v) is 5.59. The van der Waals surface area contributed by atoms with E-state index in [0.717, 1.165) is 21.3 Å². The molecular weight excluding hydrogens is 274 g/mol. The zero-order valence-electron chi connectivity index (χ0n) is 11.5. The highest BCUT2D eigenvalue weighted by Gasteiger charge is 2.12. The Morgan fingerprint density at radius 1 is 1.35 bits per heavy atom. The molecule has 0 bridgehead atoms. The van der Waals surface area contributed by atoms with Gasteiger partial charge in [0.25, 0.3) is 0 Å². The number of aliphatic hydroxyl groups is 1. The van der Waals surface area contributed by atoms with Gasteiger partial charge in [0.05, 0.1) is 19.2 Å². The highest BCUT2D eigenvalue weighted by atomic mass is 32.1. The Morgan fingerprint density at radius 2 is 2.05 bits per heavy atom. The van der Waals surface area contributed by atoms with Crippen LogP contribution in [0.3, 0.4) is 0 Å². The topological polar surface area (TPSA) is 59.4 Å². The quantitative estimate of drug-likeness (QED) is 0.830. The van der Waals surface area contributed by atoms with Gasteiger partial charge in [0.15, 0.2) is 5.78 Å². The number of benzene rings is 1. The Hall–Kier alpha value is -1.72. The Morgan fingerprint density at radius 3 is 2.65 bits per heavy atom. The van der Waals surface area contributed by atoms with E-state index in [0.29, 0.717) is 18.4 Å². The summed E-state index contributed by atoms with van der Waals surface area (Å²) in [5.74, 6) is 0.772. The van der Waals surface area contributed by atoms with Gasteiger partial charge in [-0.2, -0.15) is 0 Å². The summed E-state index contributed by atoms with van der Waals surface area (Å²) in [7, 11) is 1.60. The monoisotopic (exact) mass is 291 g/mol. The first-order chi connectivity index (χ1) is 9.63. The van der Waals surface area contributed by atoms with E-state index in [1.54, 1.807) is 31.4 Å². The molecule has 0 unspecified atom stereocenters. The standard InChI is InChI=1S/C15H17NO3S/c1-10-14(7-8-17)20-15(16-10)9-13(18)11-3-5-12(19-2)6-4-11/h3-6,17H,7-9H2,1-2H3. The molecule has 0 fully saturated rings. The molecule has 1 N–H and O–H groups in total. The summed E-state index contributed by atoms with van der Waals surface area (Å²) < 4.78 is 5.07. The van der Waals surface area contributed by atoms with Crippen LogP contribution in [0.15, 0.2) is 24.3 Å². The number of ketones is 1. The van der Waals surface area contributed by atoms with Crippen molar-refractivity contribution in [2.75, 3.05) is 13.7 Å². The highest BCUT2D eigenvalue weighted by Crippen LogP contribution is 2.20. The molecule has 1 heterocycles. The lowest BCUT2D eigenvalue weighted by molar-refractivity contribution is 0.0993. The zero-order chi connectivity index (χ0) is 14.5. The summed E-state index contributed by atoms with van der Waals surface area (Å²) in [6, 6.07) is 7.07. The Kier molecular flexibility index (Phi) is 4.87. The van der Waals surface area contributed by atoms with Crippen LogP contribution >= 0.6 is 11.3 Å². The summed E-state index contributed by atoms with van der Waals surface area (Å²) in [6.45, 7) is 2.01. The summed E-state index contributed by atoms with van der Waals surface area (Å²) in [4.78, 5) is 17.6. The van der Waals surface area contributed by atoms with Gasteiger partial charge in [0.1, 0.15) is 10.8 Å².